The van der Waals surface area contributed by atoms with E-state index < -0.39 is 94.4 Å². The Morgan fingerprint density at radius 3 is 1.90 bits per heavy atom. The van der Waals surface area contributed by atoms with E-state index in [1.807, 2.05) is 0 Å². The summed E-state index contributed by atoms with van der Waals surface area (Å²) in [5, 5.41) is 15.2. The van der Waals surface area contributed by atoms with Crippen LogP contribution in [0.5, 0.6) is 0 Å². The van der Waals surface area contributed by atoms with Crippen LogP contribution in [0.4, 0.5) is 0 Å². The van der Waals surface area contributed by atoms with Crippen LogP contribution in [0, 0.1) is 17.8 Å². The van der Waals surface area contributed by atoms with Gasteiger partial charge in [0.25, 0.3) is 0 Å². The van der Waals surface area contributed by atoms with Crippen LogP contribution in [0.25, 0.3) is 0 Å². The van der Waals surface area contributed by atoms with Crippen molar-refractivity contribution in [1.29, 1.82) is 0 Å². The lowest BCUT2D eigenvalue weighted by Crippen LogP contribution is -2.44. The van der Waals surface area contributed by atoms with E-state index in [0.29, 0.717) is 5.56 Å². The molecule has 0 fully saturated rings. The van der Waals surface area contributed by atoms with Gasteiger partial charge in [0.05, 0.1) is 37.8 Å². The van der Waals surface area contributed by atoms with E-state index in [-0.39, 0.29) is 19.6 Å². The second-order valence-corrected chi connectivity index (χ2v) is 13.7. The number of amides is 2. The van der Waals surface area contributed by atoms with Crippen molar-refractivity contribution < 1.29 is 51.8 Å². The molecule has 0 radical (unpaired) electrons. The fourth-order valence-corrected chi connectivity index (χ4v) is 5.26. The molecule has 2 aromatic carbocycles. The van der Waals surface area contributed by atoms with Crippen LogP contribution in [0.3, 0.4) is 0 Å². The Morgan fingerprint density at radius 1 is 0.796 bits per heavy atom. The number of benzene rings is 2. The number of esters is 2. The van der Waals surface area contributed by atoms with Crippen molar-refractivity contribution in [3.63, 3.8) is 0 Å². The van der Waals surface area contributed by atoms with Gasteiger partial charge in [0, 0.05) is 24.0 Å². The highest BCUT2D eigenvalue weighted by Gasteiger charge is 2.34. The smallest absolute Gasteiger partial charge is 0.306 e. The van der Waals surface area contributed by atoms with Gasteiger partial charge in [0.15, 0.2) is 15.6 Å². The summed E-state index contributed by atoms with van der Waals surface area (Å²) in [6, 6.07) is 14.6. The van der Waals surface area contributed by atoms with Crippen LogP contribution >= 0.6 is 0 Å². The molecule has 0 unspecified atom stereocenters. The highest BCUT2D eigenvalue weighted by atomic mass is 32.2. The number of rotatable bonds is 20. The van der Waals surface area contributed by atoms with Crippen molar-refractivity contribution in [3.05, 3.63) is 83.3 Å². The van der Waals surface area contributed by atoms with Crippen LogP contribution in [0.2, 0.25) is 0 Å². The molecule has 0 aliphatic heterocycles. The Balaban J connectivity index is 2.31. The number of carbonyl (C=O) groups excluding carboxylic acids is 5. The molecular weight excluding hydrogens is 656 g/mol. The van der Waals surface area contributed by atoms with Crippen LogP contribution in [-0.2, 0) is 54.7 Å². The molecule has 0 saturated heterocycles. The molecule has 0 aromatic heterocycles. The SMILES string of the molecule is CCOC(=O)C[C@H](CC(=O)OCc1ccccc1)C(=O)N[C@H](C(=O)C[C@H](C(=O)N[C@H](/C=C/S(C)(=O)=O)CC(=O)O)C(C)C)c1ccccc1. The molecule has 14 heteroatoms. The largest absolute Gasteiger partial charge is 0.481 e. The van der Waals surface area contributed by atoms with Gasteiger partial charge in [-0.05, 0) is 24.0 Å². The minimum atomic E-state index is -3.62. The van der Waals surface area contributed by atoms with Gasteiger partial charge in [-0.15, -0.1) is 0 Å². The molecule has 0 heterocycles. The zero-order valence-electron chi connectivity index (χ0n) is 28.0. The van der Waals surface area contributed by atoms with Gasteiger partial charge in [-0.2, -0.15) is 0 Å². The van der Waals surface area contributed by atoms with E-state index in [1.54, 1.807) is 81.4 Å². The molecule has 2 aromatic rings. The number of hydrogen-bond donors (Lipinski definition) is 3. The standard InChI is InChI=1S/C35H44N2O11S/c1-5-47-31(41)18-26(19-32(42)48-22-24-12-8-6-9-13-24)34(43)37-33(25-14-10-7-11-15-25)29(38)21-28(23(2)3)35(44)36-27(20-30(39)40)16-17-49(4,45)46/h6-17,23,26-28,33H,5,18-22H2,1-4H3,(H,36,44)(H,37,43)(H,39,40)/b17-16+/t26-,27-,28+,33+/m1/s1. The second-order valence-electron chi connectivity index (χ2n) is 11.8. The average molecular weight is 701 g/mol. The fraction of sp³-hybridized carbons (Fsp3) is 0.429. The van der Waals surface area contributed by atoms with E-state index in [0.717, 1.165) is 23.3 Å². The second kappa shape index (κ2) is 19.8. The number of aliphatic carboxylic acids is 1. The number of Topliss-reactive ketones (excluding diaryl/α,β-unsaturated/α-hetero) is 1. The summed E-state index contributed by atoms with van der Waals surface area (Å²) in [6.07, 6.45) is 0.0498. The average Bonchev–Trinajstić information content (AvgIpc) is 3.03. The molecule has 266 valence electrons. The summed E-state index contributed by atoms with van der Waals surface area (Å²) < 4.78 is 33.5. The van der Waals surface area contributed by atoms with Gasteiger partial charge in [0.2, 0.25) is 11.8 Å². The van der Waals surface area contributed by atoms with Crippen molar-refractivity contribution in [3.8, 4) is 0 Å². The molecule has 2 rings (SSSR count). The van der Waals surface area contributed by atoms with Crippen LogP contribution in [-0.4, -0.2) is 67.9 Å². The van der Waals surface area contributed by atoms with E-state index in [9.17, 15) is 42.3 Å². The van der Waals surface area contributed by atoms with Crippen LogP contribution in [0.1, 0.15) is 63.6 Å². The third-order valence-electron chi connectivity index (χ3n) is 7.33. The predicted molar refractivity (Wildman–Crippen MR) is 179 cm³/mol. The number of hydrogen-bond acceptors (Lipinski definition) is 10. The number of carboxylic acid groups (broad SMARTS) is 1. The lowest BCUT2D eigenvalue weighted by molar-refractivity contribution is -0.151. The first-order valence-electron chi connectivity index (χ1n) is 15.7. The minimum absolute atomic E-state index is 0.0471. The lowest BCUT2D eigenvalue weighted by Gasteiger charge is -2.26. The van der Waals surface area contributed by atoms with Gasteiger partial charge in [-0.1, -0.05) is 80.6 Å². The maximum Gasteiger partial charge on any atom is 0.306 e. The molecule has 13 nitrogen and oxygen atoms in total. The summed E-state index contributed by atoms with van der Waals surface area (Å²) in [5.74, 6) is -7.48. The molecular formula is C35H44N2O11S. The molecule has 49 heavy (non-hydrogen) atoms. The molecule has 3 N–H and O–H groups in total. The van der Waals surface area contributed by atoms with Gasteiger partial charge in [-0.25, -0.2) is 8.42 Å². The zero-order valence-corrected chi connectivity index (χ0v) is 28.8. The maximum absolute atomic E-state index is 13.9. The number of nitrogens with one attached hydrogen (secondary N) is 2. The summed E-state index contributed by atoms with van der Waals surface area (Å²) in [5.41, 5.74) is 1.10. The number of sulfone groups is 1. The third kappa shape index (κ3) is 15.3. The molecule has 2 amide bonds. The van der Waals surface area contributed by atoms with E-state index in [1.165, 1.54) is 0 Å². The number of carboxylic acids is 1. The van der Waals surface area contributed by atoms with E-state index >= 15 is 0 Å². The zero-order chi connectivity index (χ0) is 36.6. The highest BCUT2D eigenvalue weighted by Crippen LogP contribution is 2.24. The first-order chi connectivity index (χ1) is 23.1. The summed E-state index contributed by atoms with van der Waals surface area (Å²) in [7, 11) is -3.62. The minimum Gasteiger partial charge on any atom is -0.481 e. The molecule has 0 aliphatic carbocycles. The quantitative estimate of drug-likeness (QED) is 0.171. The number of ether oxygens (including phenoxy) is 2. The Bertz CT molecular complexity index is 1570. The Kier molecular flexibility index (Phi) is 16.3. The Hall–Kier alpha value is -4.85. The first kappa shape index (κ1) is 40.3. The van der Waals surface area contributed by atoms with Crippen LogP contribution < -0.4 is 10.6 Å². The summed E-state index contributed by atoms with van der Waals surface area (Å²) >= 11 is 0. The van der Waals surface area contributed by atoms with Gasteiger partial charge in [0.1, 0.15) is 12.6 Å². The van der Waals surface area contributed by atoms with Crippen molar-refractivity contribution in [2.45, 2.75) is 65.1 Å². The van der Waals surface area contributed by atoms with E-state index in [4.69, 9.17) is 9.47 Å². The maximum atomic E-state index is 13.9. The van der Waals surface area contributed by atoms with Gasteiger partial charge in [-0.3, -0.25) is 28.8 Å². The van der Waals surface area contributed by atoms with Crippen molar-refractivity contribution in [1.82, 2.24) is 10.6 Å². The highest BCUT2D eigenvalue weighted by molar-refractivity contribution is 7.93. The Morgan fingerprint density at radius 2 is 1.37 bits per heavy atom. The summed E-state index contributed by atoms with van der Waals surface area (Å²) in [4.78, 5) is 77.5. The van der Waals surface area contributed by atoms with Crippen LogP contribution in [0.15, 0.2) is 72.1 Å². The molecule has 0 spiro atoms. The molecule has 0 bridgehead atoms. The molecule has 4 atom stereocenters. The topological polar surface area (TPSA) is 199 Å². The van der Waals surface area contributed by atoms with Crippen molar-refractivity contribution >= 4 is 45.3 Å². The Labute approximate surface area is 286 Å². The first-order valence-corrected chi connectivity index (χ1v) is 17.7. The molecule has 0 saturated carbocycles. The van der Waals surface area contributed by atoms with Crippen molar-refractivity contribution in [2.75, 3.05) is 12.9 Å². The molecule has 0 aliphatic rings. The van der Waals surface area contributed by atoms with Crippen molar-refractivity contribution in [2.24, 2.45) is 17.8 Å². The number of carbonyl (C=O) groups is 6. The van der Waals surface area contributed by atoms with Gasteiger partial charge >= 0.3 is 17.9 Å². The third-order valence-corrected chi connectivity index (χ3v) is 7.98. The van der Waals surface area contributed by atoms with Gasteiger partial charge < -0.3 is 25.2 Å². The summed E-state index contributed by atoms with van der Waals surface area (Å²) in [6.45, 7) is 4.96. The lowest BCUT2D eigenvalue weighted by atomic mass is 9.86. The monoisotopic (exact) mass is 700 g/mol. The fourth-order valence-electron chi connectivity index (χ4n) is 4.78. The van der Waals surface area contributed by atoms with E-state index in [2.05, 4.69) is 10.6 Å². The normalized spacial score (nSPS) is 13.9. The predicted octanol–water partition coefficient (Wildman–Crippen LogP) is 3.30. The number of ketones is 1.